The Kier molecular flexibility index (Phi) is 5.42. The lowest BCUT2D eigenvalue weighted by molar-refractivity contribution is -0.139. The van der Waals surface area contributed by atoms with E-state index < -0.39 is 34.9 Å². The molecule has 9 heteroatoms. The Hall–Kier alpha value is -2.86. The molecule has 1 saturated carbocycles. The normalized spacial score (nSPS) is 22.4. The number of aromatic nitrogens is 1. The number of halogens is 4. The third-order valence-electron chi connectivity index (χ3n) is 5.02. The van der Waals surface area contributed by atoms with Gasteiger partial charge in [0.2, 0.25) is 0 Å². The third kappa shape index (κ3) is 3.87. The van der Waals surface area contributed by atoms with Crippen molar-refractivity contribution in [3.05, 3.63) is 53.5 Å². The van der Waals surface area contributed by atoms with Gasteiger partial charge in [-0.25, -0.2) is 15.2 Å². The summed E-state index contributed by atoms with van der Waals surface area (Å²) in [5.41, 5.74) is 0.777. The van der Waals surface area contributed by atoms with Gasteiger partial charge in [-0.1, -0.05) is 12.1 Å². The number of ether oxygens (including phenoxy) is 1. The van der Waals surface area contributed by atoms with Crippen LogP contribution in [0.15, 0.2) is 36.5 Å². The first-order chi connectivity index (χ1) is 13.3. The minimum absolute atomic E-state index is 0.355. The van der Waals surface area contributed by atoms with Crippen LogP contribution in [0, 0.1) is 17.1 Å². The summed E-state index contributed by atoms with van der Waals surface area (Å²) in [4.78, 5) is 3.59. The van der Waals surface area contributed by atoms with E-state index in [-0.39, 0.29) is 5.75 Å². The van der Waals surface area contributed by atoms with Crippen LogP contribution >= 0.6 is 0 Å². The molecule has 0 spiro atoms. The van der Waals surface area contributed by atoms with Gasteiger partial charge in [-0.05, 0) is 49.4 Å². The number of benzene rings is 1. The van der Waals surface area contributed by atoms with Crippen molar-refractivity contribution < 1.29 is 22.3 Å². The molecule has 0 radical (unpaired) electrons. The number of pyridine rings is 1. The third-order valence-corrected chi connectivity index (χ3v) is 5.02. The van der Waals surface area contributed by atoms with Crippen LogP contribution in [0.5, 0.6) is 5.75 Å². The number of nitriles is 1. The summed E-state index contributed by atoms with van der Waals surface area (Å²) in [6.45, 7) is 0. The van der Waals surface area contributed by atoms with Crippen LogP contribution in [0.4, 0.5) is 23.4 Å². The van der Waals surface area contributed by atoms with E-state index in [0.29, 0.717) is 31.2 Å². The Morgan fingerprint density at radius 1 is 1.18 bits per heavy atom. The molecular formula is C19H18F4N4O. The van der Waals surface area contributed by atoms with Gasteiger partial charge >= 0.3 is 6.18 Å². The molecule has 0 atom stereocenters. The zero-order chi connectivity index (χ0) is 20.4. The summed E-state index contributed by atoms with van der Waals surface area (Å²) in [5.74, 6) is 3.88. The molecule has 1 heterocycles. The van der Waals surface area contributed by atoms with Crippen LogP contribution in [0.1, 0.15) is 36.8 Å². The van der Waals surface area contributed by atoms with Crippen molar-refractivity contribution in [3.63, 3.8) is 0 Å². The van der Waals surface area contributed by atoms with Gasteiger partial charge in [0.25, 0.3) is 0 Å². The van der Waals surface area contributed by atoms with Gasteiger partial charge in [0, 0.05) is 6.20 Å². The maximum atomic E-state index is 13.4. The number of nitrogen functional groups attached to an aromatic ring is 1. The highest BCUT2D eigenvalue weighted by atomic mass is 19.4. The molecule has 0 saturated heterocycles. The molecule has 3 rings (SSSR count). The average Bonchev–Trinajstić information content (AvgIpc) is 2.68. The molecule has 1 fully saturated rings. The lowest BCUT2D eigenvalue weighted by Crippen LogP contribution is -2.35. The first kappa shape index (κ1) is 19.9. The van der Waals surface area contributed by atoms with Crippen LogP contribution in [0.3, 0.4) is 0 Å². The van der Waals surface area contributed by atoms with Gasteiger partial charge in [0.1, 0.15) is 17.1 Å². The van der Waals surface area contributed by atoms with E-state index in [0.717, 1.165) is 6.07 Å². The largest absolute Gasteiger partial charge is 0.490 e. The van der Waals surface area contributed by atoms with E-state index in [1.54, 1.807) is 12.1 Å². The van der Waals surface area contributed by atoms with Gasteiger partial charge in [-0.3, -0.25) is 0 Å². The molecule has 1 aliphatic carbocycles. The van der Waals surface area contributed by atoms with Gasteiger partial charge in [-0.2, -0.15) is 18.4 Å². The van der Waals surface area contributed by atoms with Crippen LogP contribution < -0.4 is 16.0 Å². The summed E-state index contributed by atoms with van der Waals surface area (Å²) < 4.78 is 59.0. The molecular weight excluding hydrogens is 376 g/mol. The molecule has 5 nitrogen and oxygen atoms in total. The lowest BCUT2D eigenvalue weighted by Gasteiger charge is -2.35. The zero-order valence-electron chi connectivity index (χ0n) is 14.8. The number of rotatable bonds is 4. The maximum Gasteiger partial charge on any atom is 0.423 e. The van der Waals surface area contributed by atoms with Crippen LogP contribution in [-0.2, 0) is 11.6 Å². The second-order valence-electron chi connectivity index (χ2n) is 6.69. The molecule has 1 aromatic heterocycles. The Bertz CT molecular complexity index is 869. The van der Waals surface area contributed by atoms with Gasteiger partial charge in [0.05, 0.1) is 17.6 Å². The van der Waals surface area contributed by atoms with Crippen molar-refractivity contribution >= 4 is 5.82 Å². The number of anilines is 1. The molecule has 1 aromatic carbocycles. The number of hydrazine groups is 1. The monoisotopic (exact) mass is 394 g/mol. The zero-order valence-corrected chi connectivity index (χ0v) is 14.8. The summed E-state index contributed by atoms with van der Waals surface area (Å²) in [6.07, 6.45) is -2.43. The first-order valence-electron chi connectivity index (χ1n) is 8.66. The maximum absolute atomic E-state index is 13.4. The molecule has 148 valence electrons. The molecule has 28 heavy (non-hydrogen) atoms. The second-order valence-corrected chi connectivity index (χ2v) is 6.69. The summed E-state index contributed by atoms with van der Waals surface area (Å²) in [7, 11) is 0. The molecule has 1 aliphatic rings. The predicted molar refractivity (Wildman–Crippen MR) is 93.6 cm³/mol. The molecule has 0 bridgehead atoms. The van der Waals surface area contributed by atoms with Crippen LogP contribution in [-0.4, -0.2) is 11.1 Å². The van der Waals surface area contributed by atoms with Crippen LogP contribution in [0.2, 0.25) is 0 Å². The van der Waals surface area contributed by atoms with E-state index >= 15 is 0 Å². The Morgan fingerprint density at radius 2 is 1.82 bits per heavy atom. The Morgan fingerprint density at radius 3 is 2.36 bits per heavy atom. The van der Waals surface area contributed by atoms with Gasteiger partial charge in [0.15, 0.2) is 5.82 Å². The topological polar surface area (TPSA) is 84.0 Å². The predicted octanol–water partition coefficient (Wildman–Crippen LogP) is 4.31. The fourth-order valence-electron chi connectivity index (χ4n) is 3.54. The van der Waals surface area contributed by atoms with E-state index in [4.69, 9.17) is 10.6 Å². The fourth-order valence-corrected chi connectivity index (χ4v) is 3.54. The minimum atomic E-state index is -4.69. The van der Waals surface area contributed by atoms with Gasteiger partial charge < -0.3 is 10.2 Å². The molecule has 0 unspecified atom stereocenters. The van der Waals surface area contributed by atoms with E-state index in [9.17, 15) is 22.8 Å². The van der Waals surface area contributed by atoms with Crippen molar-refractivity contribution in [2.75, 3.05) is 5.43 Å². The molecule has 0 amide bonds. The van der Waals surface area contributed by atoms with Gasteiger partial charge in [-0.15, -0.1) is 0 Å². The Balaban J connectivity index is 1.78. The van der Waals surface area contributed by atoms with Crippen molar-refractivity contribution in [1.29, 1.82) is 5.26 Å². The first-order valence-corrected chi connectivity index (χ1v) is 8.66. The quantitative estimate of drug-likeness (QED) is 0.459. The molecule has 3 N–H and O–H groups in total. The highest BCUT2D eigenvalue weighted by Gasteiger charge is 2.41. The van der Waals surface area contributed by atoms with E-state index in [2.05, 4.69) is 11.1 Å². The smallest absolute Gasteiger partial charge is 0.423 e. The molecule has 0 aliphatic heterocycles. The number of alkyl halides is 3. The standard InChI is InChI=1S/C19H18F4N4O/c20-13-3-1-12(2-4-13)18(11-24)8-5-14(6-9-18)28-15-7-10-26-17(27-25)16(15)19(21,22)23/h1-4,7,10,14H,5-6,8-9,25H2,(H,26,27). The van der Waals surface area contributed by atoms with Crippen molar-refractivity contribution in [2.24, 2.45) is 5.84 Å². The van der Waals surface area contributed by atoms with Crippen molar-refractivity contribution in [3.8, 4) is 11.8 Å². The van der Waals surface area contributed by atoms with Crippen molar-refractivity contribution in [1.82, 2.24) is 4.98 Å². The highest BCUT2D eigenvalue weighted by Crippen LogP contribution is 2.43. The number of hydrogen-bond acceptors (Lipinski definition) is 5. The summed E-state index contributed by atoms with van der Waals surface area (Å²) in [6, 6.07) is 9.18. The lowest BCUT2D eigenvalue weighted by atomic mass is 9.70. The fraction of sp³-hybridized carbons (Fsp3) is 0.368. The summed E-state index contributed by atoms with van der Waals surface area (Å²) in [5, 5.41) is 9.70. The molecule has 2 aromatic rings. The second kappa shape index (κ2) is 7.64. The SMILES string of the molecule is N#CC1(c2ccc(F)cc2)CCC(Oc2ccnc(NN)c2C(F)(F)F)CC1. The summed E-state index contributed by atoms with van der Waals surface area (Å²) >= 11 is 0. The van der Waals surface area contributed by atoms with Crippen LogP contribution in [0.25, 0.3) is 0 Å². The average molecular weight is 394 g/mol. The number of nitrogens with two attached hydrogens (primary N) is 1. The number of nitrogens with zero attached hydrogens (tertiary/aromatic N) is 2. The Labute approximate surface area is 159 Å². The van der Waals surface area contributed by atoms with Crippen molar-refractivity contribution in [2.45, 2.75) is 43.4 Å². The number of hydrogen-bond donors (Lipinski definition) is 2. The minimum Gasteiger partial charge on any atom is -0.490 e. The highest BCUT2D eigenvalue weighted by molar-refractivity contribution is 5.52. The van der Waals surface area contributed by atoms with E-state index in [1.165, 1.54) is 18.3 Å². The number of nitrogens with one attached hydrogen (secondary N) is 1. The van der Waals surface area contributed by atoms with E-state index in [1.807, 2.05) is 5.43 Å².